The smallest absolute Gasteiger partial charge is 0.357 e. The summed E-state index contributed by atoms with van der Waals surface area (Å²) in [6, 6.07) is 25.6. The van der Waals surface area contributed by atoms with Crippen LogP contribution in [0.15, 0.2) is 88.1 Å². The molecule has 0 N–H and O–H groups in total. The lowest BCUT2D eigenvalue weighted by atomic mass is 10.1. The zero-order valence-corrected chi connectivity index (χ0v) is 16.1. The molecule has 6 rings (SSSR count). The molecule has 3 aromatic heterocycles. The molecule has 0 aliphatic carbocycles. The van der Waals surface area contributed by atoms with Crippen molar-refractivity contribution in [3.05, 3.63) is 89.3 Å². The molecular weight excluding hydrogens is 376 g/mol. The summed E-state index contributed by atoms with van der Waals surface area (Å²) in [4.78, 5) is 23.6. The van der Waals surface area contributed by atoms with E-state index in [1.807, 2.05) is 85.9 Å². The molecule has 3 aromatic carbocycles. The average molecular weight is 392 g/mol. The predicted molar refractivity (Wildman–Crippen MR) is 119 cm³/mol. The molecule has 0 amide bonds. The minimum Gasteiger partial charge on any atom is -0.437 e. The van der Waals surface area contributed by atoms with Crippen molar-refractivity contribution in [2.45, 2.75) is 0 Å². The Kier molecular flexibility index (Phi) is 3.43. The first kappa shape index (κ1) is 16.7. The number of hydrogen-bond acceptors (Lipinski definition) is 5. The Hall–Kier alpha value is -4.19. The SMILES string of the molecule is CN(c1ccccc1)c1ccc2cc3c(nc(=O)n4c5ccccc5nc34)oc2c1. The van der Waals surface area contributed by atoms with Crippen molar-refractivity contribution < 1.29 is 4.42 Å². The second-order valence-corrected chi connectivity index (χ2v) is 7.24. The summed E-state index contributed by atoms with van der Waals surface area (Å²) >= 11 is 0. The maximum absolute atomic E-state index is 12.7. The van der Waals surface area contributed by atoms with E-state index in [2.05, 4.69) is 14.9 Å². The molecular formula is C24H16N4O2. The first-order valence-electron chi connectivity index (χ1n) is 9.63. The summed E-state index contributed by atoms with van der Waals surface area (Å²) in [6.07, 6.45) is 0. The van der Waals surface area contributed by atoms with Gasteiger partial charge >= 0.3 is 5.69 Å². The van der Waals surface area contributed by atoms with Gasteiger partial charge in [0.2, 0.25) is 5.71 Å². The summed E-state index contributed by atoms with van der Waals surface area (Å²) in [7, 11) is 2.01. The van der Waals surface area contributed by atoms with Gasteiger partial charge in [-0.1, -0.05) is 30.3 Å². The van der Waals surface area contributed by atoms with Crippen LogP contribution in [0.3, 0.4) is 0 Å². The van der Waals surface area contributed by atoms with Crippen LogP contribution in [0, 0.1) is 0 Å². The Morgan fingerprint density at radius 1 is 0.867 bits per heavy atom. The second kappa shape index (κ2) is 6.15. The highest BCUT2D eigenvalue weighted by Gasteiger charge is 2.15. The molecule has 6 aromatic rings. The molecule has 6 heteroatoms. The van der Waals surface area contributed by atoms with Crippen LogP contribution in [0.25, 0.3) is 38.7 Å². The number of anilines is 2. The third kappa shape index (κ3) is 2.40. The van der Waals surface area contributed by atoms with Crippen LogP contribution in [0.1, 0.15) is 0 Å². The van der Waals surface area contributed by atoms with Gasteiger partial charge in [-0.05, 0) is 42.5 Å². The number of aromatic nitrogens is 3. The Morgan fingerprint density at radius 3 is 2.53 bits per heavy atom. The maximum atomic E-state index is 12.7. The first-order valence-corrected chi connectivity index (χ1v) is 9.63. The number of hydrogen-bond donors (Lipinski definition) is 0. The topological polar surface area (TPSA) is 63.6 Å². The van der Waals surface area contributed by atoms with E-state index in [4.69, 9.17) is 4.42 Å². The van der Waals surface area contributed by atoms with Crippen molar-refractivity contribution >= 4 is 50.1 Å². The van der Waals surface area contributed by atoms with Gasteiger partial charge in [-0.2, -0.15) is 4.98 Å². The van der Waals surface area contributed by atoms with Gasteiger partial charge in [0.15, 0.2) is 5.65 Å². The highest BCUT2D eigenvalue weighted by Crippen LogP contribution is 2.30. The maximum Gasteiger partial charge on any atom is 0.357 e. The van der Waals surface area contributed by atoms with E-state index >= 15 is 0 Å². The number of benzene rings is 3. The summed E-state index contributed by atoms with van der Waals surface area (Å²) in [6.45, 7) is 0. The Morgan fingerprint density at radius 2 is 1.67 bits per heavy atom. The molecule has 0 aliphatic rings. The molecule has 30 heavy (non-hydrogen) atoms. The molecule has 0 atom stereocenters. The fourth-order valence-electron chi connectivity index (χ4n) is 3.90. The van der Waals surface area contributed by atoms with Crippen LogP contribution < -0.4 is 10.6 Å². The standard InChI is InChI=1S/C24H16N4O2/c1-27(16-7-3-2-4-8-16)17-12-11-15-13-18-22-25-19-9-5-6-10-20(19)28(22)24(29)26-23(18)30-21(15)14-17/h2-14H,1H3. The summed E-state index contributed by atoms with van der Waals surface area (Å²) < 4.78 is 7.60. The van der Waals surface area contributed by atoms with Gasteiger partial charge in [-0.3, -0.25) is 0 Å². The number of nitrogens with zero attached hydrogens (tertiary/aromatic N) is 4. The van der Waals surface area contributed by atoms with Crippen LogP contribution in [-0.4, -0.2) is 21.4 Å². The van der Waals surface area contributed by atoms with E-state index in [0.717, 1.165) is 27.8 Å². The highest BCUT2D eigenvalue weighted by molar-refractivity contribution is 5.99. The molecule has 144 valence electrons. The lowest BCUT2D eigenvalue weighted by Gasteiger charge is -2.19. The molecule has 0 aliphatic heterocycles. The largest absolute Gasteiger partial charge is 0.437 e. The summed E-state index contributed by atoms with van der Waals surface area (Å²) in [5.74, 6) is 0. The van der Waals surface area contributed by atoms with Gasteiger partial charge in [0, 0.05) is 29.9 Å². The van der Waals surface area contributed by atoms with Gasteiger partial charge in [0.1, 0.15) is 5.58 Å². The number of imidazole rings is 1. The van der Waals surface area contributed by atoms with Crippen molar-refractivity contribution in [1.82, 2.24) is 14.4 Å². The van der Waals surface area contributed by atoms with E-state index in [1.54, 1.807) is 0 Å². The van der Waals surface area contributed by atoms with Gasteiger partial charge in [0.05, 0.1) is 16.4 Å². The monoisotopic (exact) mass is 392 g/mol. The van der Waals surface area contributed by atoms with Crippen molar-refractivity contribution in [3.8, 4) is 0 Å². The average Bonchev–Trinajstić information content (AvgIpc) is 3.18. The zero-order valence-electron chi connectivity index (χ0n) is 16.1. The van der Waals surface area contributed by atoms with Crippen molar-refractivity contribution in [2.24, 2.45) is 0 Å². The molecule has 0 spiro atoms. The molecule has 0 saturated heterocycles. The summed E-state index contributed by atoms with van der Waals surface area (Å²) in [5, 5.41) is 1.63. The number of para-hydroxylation sites is 3. The third-order valence-corrected chi connectivity index (χ3v) is 5.45. The lowest BCUT2D eigenvalue weighted by Crippen LogP contribution is -2.16. The quantitative estimate of drug-likeness (QED) is 0.392. The van der Waals surface area contributed by atoms with E-state index in [-0.39, 0.29) is 5.71 Å². The first-order chi connectivity index (χ1) is 14.7. The van der Waals surface area contributed by atoms with E-state index in [9.17, 15) is 4.79 Å². The normalized spacial score (nSPS) is 11.6. The summed E-state index contributed by atoms with van der Waals surface area (Å²) in [5.41, 5.74) is 4.66. The molecule has 3 heterocycles. The Bertz CT molecular complexity index is 1630. The van der Waals surface area contributed by atoms with Crippen molar-refractivity contribution in [2.75, 3.05) is 11.9 Å². The van der Waals surface area contributed by atoms with Crippen LogP contribution in [0.5, 0.6) is 0 Å². The highest BCUT2D eigenvalue weighted by atomic mass is 16.3. The molecule has 0 radical (unpaired) electrons. The van der Waals surface area contributed by atoms with Gasteiger partial charge in [0.25, 0.3) is 0 Å². The molecule has 0 fully saturated rings. The van der Waals surface area contributed by atoms with Gasteiger partial charge in [-0.15, -0.1) is 0 Å². The second-order valence-electron chi connectivity index (χ2n) is 7.24. The lowest BCUT2D eigenvalue weighted by molar-refractivity contribution is 0.641. The molecule has 0 saturated carbocycles. The van der Waals surface area contributed by atoms with Crippen LogP contribution in [-0.2, 0) is 0 Å². The van der Waals surface area contributed by atoms with Crippen molar-refractivity contribution in [1.29, 1.82) is 0 Å². The number of rotatable bonds is 2. The number of fused-ring (bicyclic) bond motifs is 6. The fourth-order valence-corrected chi connectivity index (χ4v) is 3.90. The third-order valence-electron chi connectivity index (χ3n) is 5.45. The fraction of sp³-hybridized carbons (Fsp3) is 0.0417. The van der Waals surface area contributed by atoms with Crippen LogP contribution >= 0.6 is 0 Å². The predicted octanol–water partition coefficient (Wildman–Crippen LogP) is 4.91. The van der Waals surface area contributed by atoms with Crippen LogP contribution in [0.2, 0.25) is 0 Å². The minimum absolute atomic E-state index is 0.287. The minimum atomic E-state index is -0.396. The molecule has 0 unspecified atom stereocenters. The molecule has 0 bridgehead atoms. The Labute approximate surface area is 170 Å². The van der Waals surface area contributed by atoms with Crippen molar-refractivity contribution in [3.63, 3.8) is 0 Å². The molecule has 6 nitrogen and oxygen atoms in total. The zero-order chi connectivity index (χ0) is 20.2. The van der Waals surface area contributed by atoms with Gasteiger partial charge < -0.3 is 9.32 Å². The van der Waals surface area contributed by atoms with E-state index in [1.165, 1.54) is 4.40 Å². The Balaban J connectivity index is 1.60. The van der Waals surface area contributed by atoms with E-state index in [0.29, 0.717) is 16.6 Å². The van der Waals surface area contributed by atoms with E-state index < -0.39 is 5.69 Å². The van der Waals surface area contributed by atoms with Gasteiger partial charge in [-0.25, -0.2) is 14.2 Å². The van der Waals surface area contributed by atoms with Crippen LogP contribution in [0.4, 0.5) is 11.4 Å².